The van der Waals surface area contributed by atoms with Crippen molar-refractivity contribution in [2.75, 3.05) is 0 Å². The van der Waals surface area contributed by atoms with E-state index < -0.39 is 0 Å². The maximum atomic E-state index is 5.56. The van der Waals surface area contributed by atoms with Crippen molar-refractivity contribution in [3.05, 3.63) is 0 Å². The van der Waals surface area contributed by atoms with Crippen LogP contribution in [0.25, 0.3) is 0 Å². The molecule has 0 radical (unpaired) electrons. The zero-order valence-corrected chi connectivity index (χ0v) is 7.76. The molecule has 0 amide bonds. The monoisotopic (exact) mass is 168 g/mol. The predicted octanol–water partition coefficient (Wildman–Crippen LogP) is 1.81. The fourth-order valence-electron chi connectivity index (χ4n) is 3.15. The van der Waals surface area contributed by atoms with E-state index in [0.717, 1.165) is 11.8 Å². The fraction of sp³-hybridized carbons (Fsp3) is 1.00. The maximum Gasteiger partial charge on any atom is 0.0241 e. The van der Waals surface area contributed by atoms with E-state index in [-0.39, 0.29) is 0 Å². The standard InChI is InChI=1S/C10H20N2/c11-12-10-7-3-5-8-4-1-2-6-9(8)10/h8-10,12H,1-7,11H2/t8-,9-,10-/m1/s1. The minimum Gasteiger partial charge on any atom is -0.271 e. The summed E-state index contributed by atoms with van der Waals surface area (Å²) in [7, 11) is 0. The molecule has 2 aliphatic carbocycles. The van der Waals surface area contributed by atoms with Crippen LogP contribution in [0, 0.1) is 11.8 Å². The molecule has 70 valence electrons. The summed E-state index contributed by atoms with van der Waals surface area (Å²) in [5, 5.41) is 0. The Balaban J connectivity index is 1.99. The van der Waals surface area contributed by atoms with Gasteiger partial charge < -0.3 is 0 Å². The third-order valence-electron chi connectivity index (χ3n) is 3.79. The Morgan fingerprint density at radius 3 is 2.50 bits per heavy atom. The van der Waals surface area contributed by atoms with Gasteiger partial charge in [0.15, 0.2) is 0 Å². The number of fused-ring (bicyclic) bond motifs is 1. The van der Waals surface area contributed by atoms with Crippen LogP contribution < -0.4 is 11.3 Å². The Bertz CT molecular complexity index is 138. The highest BCUT2D eigenvalue weighted by atomic mass is 15.2. The van der Waals surface area contributed by atoms with Crippen molar-refractivity contribution in [1.82, 2.24) is 5.43 Å². The quantitative estimate of drug-likeness (QED) is 0.463. The van der Waals surface area contributed by atoms with Crippen LogP contribution in [0.3, 0.4) is 0 Å². The summed E-state index contributed by atoms with van der Waals surface area (Å²) in [5.41, 5.74) is 3.00. The Morgan fingerprint density at radius 1 is 0.917 bits per heavy atom. The summed E-state index contributed by atoms with van der Waals surface area (Å²) >= 11 is 0. The number of hydrogen-bond acceptors (Lipinski definition) is 2. The third-order valence-corrected chi connectivity index (χ3v) is 3.79. The molecule has 12 heavy (non-hydrogen) atoms. The second-order valence-corrected chi connectivity index (χ2v) is 4.41. The predicted molar refractivity (Wildman–Crippen MR) is 50.4 cm³/mol. The van der Waals surface area contributed by atoms with Gasteiger partial charge in [-0.3, -0.25) is 11.3 Å². The highest BCUT2D eigenvalue weighted by Crippen LogP contribution is 2.40. The van der Waals surface area contributed by atoms with E-state index in [0.29, 0.717) is 6.04 Å². The molecule has 0 bridgehead atoms. The van der Waals surface area contributed by atoms with Gasteiger partial charge in [0.2, 0.25) is 0 Å². The summed E-state index contributed by atoms with van der Waals surface area (Å²) in [6.45, 7) is 0. The topological polar surface area (TPSA) is 38.0 Å². The molecule has 0 aliphatic heterocycles. The number of rotatable bonds is 1. The molecule has 2 rings (SSSR count). The van der Waals surface area contributed by atoms with Crippen LogP contribution in [0.5, 0.6) is 0 Å². The van der Waals surface area contributed by atoms with E-state index in [1.54, 1.807) is 0 Å². The van der Waals surface area contributed by atoms with Crippen molar-refractivity contribution in [3.8, 4) is 0 Å². The highest BCUT2D eigenvalue weighted by molar-refractivity contribution is 4.87. The summed E-state index contributed by atoms with van der Waals surface area (Å²) in [4.78, 5) is 0. The van der Waals surface area contributed by atoms with Crippen LogP contribution in [-0.4, -0.2) is 6.04 Å². The number of hydrazine groups is 1. The molecule has 2 fully saturated rings. The van der Waals surface area contributed by atoms with Gasteiger partial charge in [-0.15, -0.1) is 0 Å². The lowest BCUT2D eigenvalue weighted by molar-refractivity contribution is 0.126. The van der Waals surface area contributed by atoms with Gasteiger partial charge >= 0.3 is 0 Å². The van der Waals surface area contributed by atoms with Crippen LogP contribution in [0.1, 0.15) is 44.9 Å². The van der Waals surface area contributed by atoms with E-state index in [1.165, 1.54) is 44.9 Å². The van der Waals surface area contributed by atoms with Crippen molar-refractivity contribution < 1.29 is 0 Å². The number of nitrogens with one attached hydrogen (secondary N) is 1. The van der Waals surface area contributed by atoms with Gasteiger partial charge in [0, 0.05) is 6.04 Å². The van der Waals surface area contributed by atoms with Gasteiger partial charge in [0.25, 0.3) is 0 Å². The molecule has 0 spiro atoms. The zero-order chi connectivity index (χ0) is 8.39. The zero-order valence-electron chi connectivity index (χ0n) is 7.76. The molecule has 3 N–H and O–H groups in total. The van der Waals surface area contributed by atoms with Crippen LogP contribution in [0.2, 0.25) is 0 Å². The van der Waals surface area contributed by atoms with Gasteiger partial charge in [-0.1, -0.05) is 32.1 Å². The Kier molecular flexibility index (Phi) is 2.66. The van der Waals surface area contributed by atoms with Crippen molar-refractivity contribution >= 4 is 0 Å². The largest absolute Gasteiger partial charge is 0.271 e. The average Bonchev–Trinajstić information content (AvgIpc) is 2.17. The molecule has 2 heteroatoms. The SMILES string of the molecule is NN[C@@H]1CCC[C@H]2CCCC[C@H]21. The molecule has 0 saturated heterocycles. The average molecular weight is 168 g/mol. The van der Waals surface area contributed by atoms with Gasteiger partial charge in [-0.25, -0.2) is 0 Å². The second kappa shape index (κ2) is 3.75. The first-order chi connectivity index (χ1) is 5.92. The van der Waals surface area contributed by atoms with Gasteiger partial charge in [-0.2, -0.15) is 0 Å². The van der Waals surface area contributed by atoms with Crippen LogP contribution in [0.4, 0.5) is 0 Å². The number of nitrogens with two attached hydrogens (primary N) is 1. The van der Waals surface area contributed by atoms with Crippen molar-refractivity contribution in [2.45, 2.75) is 51.0 Å². The smallest absolute Gasteiger partial charge is 0.0241 e. The minimum absolute atomic E-state index is 0.629. The molecule has 0 unspecified atom stereocenters. The molecule has 2 nitrogen and oxygen atoms in total. The van der Waals surface area contributed by atoms with E-state index in [4.69, 9.17) is 5.84 Å². The highest BCUT2D eigenvalue weighted by Gasteiger charge is 2.33. The summed E-state index contributed by atoms with van der Waals surface area (Å²) in [6.07, 6.45) is 9.91. The molecule has 2 aliphatic rings. The van der Waals surface area contributed by atoms with E-state index >= 15 is 0 Å². The third kappa shape index (κ3) is 1.50. The van der Waals surface area contributed by atoms with E-state index in [1.807, 2.05) is 0 Å². The Hall–Kier alpha value is -0.0800. The first-order valence-corrected chi connectivity index (χ1v) is 5.38. The molecule has 2 saturated carbocycles. The molecular weight excluding hydrogens is 148 g/mol. The van der Waals surface area contributed by atoms with Crippen LogP contribution in [0.15, 0.2) is 0 Å². The fourth-order valence-corrected chi connectivity index (χ4v) is 3.15. The van der Waals surface area contributed by atoms with Crippen LogP contribution >= 0.6 is 0 Å². The Labute approximate surface area is 74.9 Å². The summed E-state index contributed by atoms with van der Waals surface area (Å²) < 4.78 is 0. The molecule has 0 aromatic heterocycles. The normalized spacial score (nSPS) is 42.2. The van der Waals surface area contributed by atoms with Crippen molar-refractivity contribution in [2.24, 2.45) is 17.7 Å². The van der Waals surface area contributed by atoms with Crippen molar-refractivity contribution in [3.63, 3.8) is 0 Å². The molecule has 0 heterocycles. The second-order valence-electron chi connectivity index (χ2n) is 4.41. The van der Waals surface area contributed by atoms with Crippen LogP contribution in [-0.2, 0) is 0 Å². The lowest BCUT2D eigenvalue weighted by atomic mass is 9.68. The maximum absolute atomic E-state index is 5.56. The molecule has 0 aromatic carbocycles. The molecule has 3 atom stereocenters. The number of hydrogen-bond donors (Lipinski definition) is 2. The van der Waals surface area contributed by atoms with Gasteiger partial charge in [0.05, 0.1) is 0 Å². The summed E-state index contributed by atoms with van der Waals surface area (Å²) in [6, 6.07) is 0.629. The van der Waals surface area contributed by atoms with Crippen molar-refractivity contribution in [1.29, 1.82) is 0 Å². The lowest BCUT2D eigenvalue weighted by Crippen LogP contribution is -2.46. The first kappa shape index (κ1) is 8.52. The first-order valence-electron chi connectivity index (χ1n) is 5.38. The van der Waals surface area contributed by atoms with Gasteiger partial charge in [0.1, 0.15) is 0 Å². The van der Waals surface area contributed by atoms with E-state index in [9.17, 15) is 0 Å². The lowest BCUT2D eigenvalue weighted by Gasteiger charge is -2.41. The Morgan fingerprint density at radius 2 is 1.67 bits per heavy atom. The minimum atomic E-state index is 0.629. The molecule has 0 aromatic rings. The molecular formula is C10H20N2. The van der Waals surface area contributed by atoms with E-state index in [2.05, 4.69) is 5.43 Å². The van der Waals surface area contributed by atoms with Gasteiger partial charge in [-0.05, 0) is 24.7 Å². The summed E-state index contributed by atoms with van der Waals surface area (Å²) in [5.74, 6) is 7.45.